The van der Waals surface area contributed by atoms with E-state index in [4.69, 9.17) is 0 Å². The van der Waals surface area contributed by atoms with E-state index in [0.717, 1.165) is 0 Å². The summed E-state index contributed by atoms with van der Waals surface area (Å²) < 4.78 is 4.67. The van der Waals surface area contributed by atoms with Crippen molar-refractivity contribution in [2.75, 3.05) is 6.61 Å². The Kier molecular flexibility index (Phi) is 4.12. The highest BCUT2D eigenvalue weighted by atomic mass is 28.3. The van der Waals surface area contributed by atoms with Crippen LogP contribution in [-0.4, -0.2) is 26.6 Å². The van der Waals surface area contributed by atoms with Gasteiger partial charge in [-0.2, -0.15) is 0 Å². The van der Waals surface area contributed by atoms with Crippen LogP contribution in [0.25, 0.3) is 0 Å². The van der Waals surface area contributed by atoms with Gasteiger partial charge in [-0.1, -0.05) is 19.6 Å². The molecule has 5 heteroatoms. The summed E-state index contributed by atoms with van der Waals surface area (Å²) in [5.74, 6) is -1.99. The van der Waals surface area contributed by atoms with Gasteiger partial charge in [-0.05, 0) is 6.92 Å². The van der Waals surface area contributed by atoms with E-state index >= 15 is 0 Å². The molecule has 1 atom stereocenters. The third-order valence-corrected chi connectivity index (χ3v) is 3.83. The number of carboxylic acid groups (broad SMARTS) is 1. The van der Waals surface area contributed by atoms with Crippen molar-refractivity contribution >= 4 is 20.0 Å². The van der Waals surface area contributed by atoms with Crippen LogP contribution in [0.1, 0.15) is 6.92 Å². The normalized spacial score (nSPS) is 13.5. The van der Waals surface area contributed by atoms with Crippen molar-refractivity contribution in [3.8, 4) is 0 Å². The molecule has 13 heavy (non-hydrogen) atoms. The fourth-order valence-electron chi connectivity index (χ4n) is 1.03. The first-order valence-electron chi connectivity index (χ1n) is 4.18. The zero-order valence-electron chi connectivity index (χ0n) is 8.42. The number of carbonyl (C=O) groups is 2. The van der Waals surface area contributed by atoms with E-state index in [1.54, 1.807) is 26.6 Å². The molecule has 0 radical (unpaired) electrons. The summed E-state index contributed by atoms with van der Waals surface area (Å²) in [7, 11) is -2.09. The summed E-state index contributed by atoms with van der Waals surface area (Å²) >= 11 is 0. The van der Waals surface area contributed by atoms with Gasteiger partial charge in [-0.15, -0.1) is 0 Å². The number of esters is 1. The van der Waals surface area contributed by atoms with Gasteiger partial charge >= 0.3 is 5.97 Å². The molecule has 0 saturated heterocycles. The smallest absolute Gasteiger partial charge is 0.311 e. The number of rotatable bonds is 4. The van der Waals surface area contributed by atoms with Crippen molar-refractivity contribution in [1.82, 2.24) is 0 Å². The molecular formula is C8H15O4Si-. The maximum atomic E-state index is 11.2. The summed E-state index contributed by atoms with van der Waals surface area (Å²) in [4.78, 5) is 21.9. The fraction of sp³-hybridized carbons (Fsp3) is 0.750. The highest BCUT2D eigenvalue weighted by molar-refractivity contribution is 6.83. The molecule has 0 fully saturated rings. The van der Waals surface area contributed by atoms with Crippen LogP contribution in [0, 0.1) is 0 Å². The first-order valence-corrected chi connectivity index (χ1v) is 7.76. The van der Waals surface area contributed by atoms with Gasteiger partial charge in [0.2, 0.25) is 0 Å². The Bertz CT molecular complexity index is 207. The largest absolute Gasteiger partial charge is 0.550 e. The first kappa shape index (κ1) is 12.2. The number of hydrogen-bond donors (Lipinski definition) is 0. The molecule has 0 amide bonds. The van der Waals surface area contributed by atoms with Crippen LogP contribution in [-0.2, 0) is 14.3 Å². The number of aliphatic carboxylic acids is 1. The highest BCUT2D eigenvalue weighted by Crippen LogP contribution is 2.22. The summed E-state index contributed by atoms with van der Waals surface area (Å²) in [5.41, 5.74) is -1.06. The van der Waals surface area contributed by atoms with Gasteiger partial charge in [0.1, 0.15) is 0 Å². The molecule has 0 heterocycles. The molecule has 0 aromatic rings. The molecule has 4 nitrogen and oxygen atoms in total. The van der Waals surface area contributed by atoms with Gasteiger partial charge in [0, 0.05) is 0 Å². The van der Waals surface area contributed by atoms with E-state index in [2.05, 4.69) is 4.74 Å². The van der Waals surface area contributed by atoms with E-state index < -0.39 is 25.6 Å². The van der Waals surface area contributed by atoms with Crippen LogP contribution >= 0.6 is 0 Å². The molecule has 1 unspecified atom stereocenters. The monoisotopic (exact) mass is 203 g/mol. The molecule has 0 spiro atoms. The molecule has 0 aromatic heterocycles. The maximum Gasteiger partial charge on any atom is 0.311 e. The highest BCUT2D eigenvalue weighted by Gasteiger charge is 2.35. The quantitative estimate of drug-likeness (QED) is 0.367. The zero-order valence-corrected chi connectivity index (χ0v) is 9.42. The second kappa shape index (κ2) is 4.41. The lowest BCUT2D eigenvalue weighted by Crippen LogP contribution is -2.46. The number of ether oxygens (including phenoxy) is 1. The minimum absolute atomic E-state index is 0.201. The molecule has 0 saturated carbocycles. The lowest BCUT2D eigenvalue weighted by Gasteiger charge is -2.27. The molecule has 0 N–H and O–H groups in total. The lowest BCUT2D eigenvalue weighted by atomic mass is 10.4. The maximum absolute atomic E-state index is 11.2. The van der Waals surface area contributed by atoms with E-state index in [9.17, 15) is 14.7 Å². The Morgan fingerprint density at radius 1 is 1.38 bits per heavy atom. The van der Waals surface area contributed by atoms with Gasteiger partial charge in [-0.3, -0.25) is 4.79 Å². The van der Waals surface area contributed by atoms with Crippen LogP contribution < -0.4 is 5.11 Å². The summed E-state index contributed by atoms with van der Waals surface area (Å²) in [5, 5.41) is 10.7. The molecule has 0 aliphatic carbocycles. The van der Waals surface area contributed by atoms with Crippen molar-refractivity contribution < 1.29 is 19.4 Å². The molecule has 76 valence electrons. The van der Waals surface area contributed by atoms with Gasteiger partial charge < -0.3 is 14.6 Å². The Hall–Kier alpha value is -0.843. The fourth-order valence-corrected chi connectivity index (χ4v) is 2.53. The van der Waals surface area contributed by atoms with Crippen LogP contribution in [0.3, 0.4) is 0 Å². The lowest BCUT2D eigenvalue weighted by molar-refractivity contribution is -0.305. The molecular weight excluding hydrogens is 188 g/mol. The van der Waals surface area contributed by atoms with Crippen molar-refractivity contribution in [3.05, 3.63) is 0 Å². The van der Waals surface area contributed by atoms with Crippen LogP contribution in [0.2, 0.25) is 25.2 Å². The van der Waals surface area contributed by atoms with Crippen LogP contribution in [0.15, 0.2) is 0 Å². The number of hydrogen-bond acceptors (Lipinski definition) is 4. The number of carboxylic acids is 1. The third-order valence-electron chi connectivity index (χ3n) is 1.62. The average molecular weight is 203 g/mol. The Morgan fingerprint density at radius 3 is 2.08 bits per heavy atom. The van der Waals surface area contributed by atoms with Gasteiger partial charge in [0.25, 0.3) is 0 Å². The van der Waals surface area contributed by atoms with E-state index in [-0.39, 0.29) is 6.61 Å². The minimum atomic E-state index is -2.09. The summed E-state index contributed by atoms with van der Waals surface area (Å²) in [6.07, 6.45) is 0. The van der Waals surface area contributed by atoms with Crippen LogP contribution in [0.4, 0.5) is 0 Å². The standard InChI is InChI=1S/C8H16O4Si/c1-5-12-8(11)6(7(9)10)13(2,3)4/h6H,5H2,1-4H3,(H,9,10)/p-1. The Labute approximate surface area is 78.9 Å². The molecule has 0 rings (SSSR count). The van der Waals surface area contributed by atoms with Crippen molar-refractivity contribution in [3.63, 3.8) is 0 Å². The first-order chi connectivity index (χ1) is 5.80. The molecule has 0 aromatic carbocycles. The topological polar surface area (TPSA) is 66.4 Å². The van der Waals surface area contributed by atoms with Crippen LogP contribution in [0.5, 0.6) is 0 Å². The number of carbonyl (C=O) groups excluding carboxylic acids is 2. The van der Waals surface area contributed by atoms with E-state index in [0.29, 0.717) is 0 Å². The Balaban J connectivity index is 4.63. The minimum Gasteiger partial charge on any atom is -0.550 e. The van der Waals surface area contributed by atoms with Crippen molar-refractivity contribution in [2.45, 2.75) is 32.1 Å². The molecule has 0 aliphatic rings. The van der Waals surface area contributed by atoms with Crippen molar-refractivity contribution in [1.29, 1.82) is 0 Å². The van der Waals surface area contributed by atoms with E-state index in [1.807, 2.05) is 0 Å². The predicted octanol–water partition coefficient (Wildman–Crippen LogP) is 0.00780. The second-order valence-electron chi connectivity index (χ2n) is 3.87. The SMILES string of the molecule is CCOC(=O)C(C(=O)[O-])[Si](C)(C)C. The molecule has 0 bridgehead atoms. The predicted molar refractivity (Wildman–Crippen MR) is 48.7 cm³/mol. The second-order valence-corrected chi connectivity index (χ2v) is 9.18. The summed E-state index contributed by atoms with van der Waals surface area (Å²) in [6.45, 7) is 7.24. The van der Waals surface area contributed by atoms with Gasteiger partial charge in [0.15, 0.2) is 0 Å². The van der Waals surface area contributed by atoms with Gasteiger partial charge in [-0.25, -0.2) is 0 Å². The van der Waals surface area contributed by atoms with Gasteiger partial charge in [0.05, 0.1) is 26.2 Å². The van der Waals surface area contributed by atoms with Crippen molar-refractivity contribution in [2.24, 2.45) is 0 Å². The zero-order chi connectivity index (χ0) is 10.6. The van der Waals surface area contributed by atoms with E-state index in [1.165, 1.54) is 0 Å². The Morgan fingerprint density at radius 2 is 1.85 bits per heavy atom. The summed E-state index contributed by atoms with van der Waals surface area (Å²) in [6, 6.07) is 0. The molecule has 0 aliphatic heterocycles. The average Bonchev–Trinajstić information content (AvgIpc) is 1.82. The third kappa shape index (κ3) is 3.58.